The number of unbranched alkanes of at least 4 members (excludes halogenated alkanes) is 3. The third-order valence-corrected chi connectivity index (χ3v) is 4.14. The SMILES string of the molecule is CC(=O)CCC(=O)O.CC1CCC(=O)O1.CCCCC(=O)CCCC.CCCCC(=O)O.O.[H+].[H+]. The molecule has 0 spiro atoms. The topological polar surface area (TPSA) is 167 Å². The predicted molar refractivity (Wildman–Crippen MR) is 129 cm³/mol. The van der Waals surface area contributed by atoms with E-state index in [1.54, 1.807) is 0 Å². The molecule has 0 radical (unpaired) electrons. The fourth-order valence-corrected chi connectivity index (χ4v) is 2.15. The maximum absolute atomic E-state index is 11.0. The Hall–Kier alpha value is -2.29. The smallest absolute Gasteiger partial charge is 0.481 e. The summed E-state index contributed by atoms with van der Waals surface area (Å²) in [6.45, 7) is 9.50. The van der Waals surface area contributed by atoms with Crippen molar-refractivity contribution in [3.63, 3.8) is 0 Å². The third kappa shape index (κ3) is 40.6. The number of cyclic esters (lactones) is 1. The Morgan fingerprint density at radius 3 is 1.45 bits per heavy atom. The minimum Gasteiger partial charge on any atom is -0.481 e. The lowest BCUT2D eigenvalue weighted by Gasteiger charge is -1.96. The van der Waals surface area contributed by atoms with Gasteiger partial charge in [0.25, 0.3) is 0 Å². The molecule has 0 amide bonds. The summed E-state index contributed by atoms with van der Waals surface area (Å²) in [6.07, 6.45) is 9.89. The summed E-state index contributed by atoms with van der Waals surface area (Å²) in [7, 11) is 0. The Balaban J connectivity index is -0.0000000786. The highest BCUT2D eigenvalue weighted by Crippen LogP contribution is 2.11. The van der Waals surface area contributed by atoms with E-state index >= 15 is 0 Å². The average molecular weight is 481 g/mol. The van der Waals surface area contributed by atoms with Crippen LogP contribution in [0.15, 0.2) is 0 Å². The summed E-state index contributed by atoms with van der Waals surface area (Å²) >= 11 is 0. The number of hydrogen-bond donors (Lipinski definition) is 2. The second kappa shape index (κ2) is 27.7. The molecule has 0 aromatic carbocycles. The first kappa shape index (κ1) is 38.0. The van der Waals surface area contributed by atoms with Gasteiger partial charge in [0.15, 0.2) is 0 Å². The van der Waals surface area contributed by atoms with Crippen molar-refractivity contribution in [3.05, 3.63) is 0 Å². The van der Waals surface area contributed by atoms with Crippen LogP contribution in [0.3, 0.4) is 0 Å². The summed E-state index contributed by atoms with van der Waals surface area (Å²) in [5, 5.41) is 16.1. The number of ether oxygens (including phenoxy) is 1. The van der Waals surface area contributed by atoms with E-state index in [2.05, 4.69) is 13.8 Å². The fourth-order valence-electron chi connectivity index (χ4n) is 2.15. The zero-order chi connectivity index (χ0) is 25.4. The number of carbonyl (C=O) groups is 5. The van der Waals surface area contributed by atoms with Crippen molar-refractivity contribution in [3.8, 4) is 0 Å². The molecule has 33 heavy (non-hydrogen) atoms. The Bertz CT molecular complexity index is 517. The van der Waals surface area contributed by atoms with Gasteiger partial charge < -0.3 is 25.2 Å². The molecule has 1 saturated heterocycles. The van der Waals surface area contributed by atoms with Crippen LogP contribution in [0.4, 0.5) is 0 Å². The second-order valence-electron chi connectivity index (χ2n) is 7.68. The van der Waals surface area contributed by atoms with Crippen molar-refractivity contribution in [1.29, 1.82) is 0 Å². The zero-order valence-corrected chi connectivity index (χ0v) is 21.1. The van der Waals surface area contributed by atoms with Gasteiger partial charge in [0, 0.05) is 32.1 Å². The van der Waals surface area contributed by atoms with Crippen LogP contribution in [0.25, 0.3) is 0 Å². The Morgan fingerprint density at radius 1 is 0.848 bits per heavy atom. The van der Waals surface area contributed by atoms with Crippen molar-refractivity contribution in [2.75, 3.05) is 0 Å². The summed E-state index contributed by atoms with van der Waals surface area (Å²) in [4.78, 5) is 50.8. The molecule has 1 heterocycles. The molecule has 1 fully saturated rings. The zero-order valence-electron chi connectivity index (χ0n) is 23.1. The van der Waals surface area contributed by atoms with Gasteiger partial charge in [-0.3, -0.25) is 19.2 Å². The normalized spacial score (nSPS) is 13.4. The van der Waals surface area contributed by atoms with Gasteiger partial charge in [-0.1, -0.05) is 40.0 Å². The van der Waals surface area contributed by atoms with Crippen LogP contribution in [0.2, 0.25) is 0 Å². The highest BCUT2D eigenvalue weighted by molar-refractivity contribution is 5.80. The second-order valence-corrected chi connectivity index (χ2v) is 7.68. The first-order valence-electron chi connectivity index (χ1n) is 11.6. The van der Waals surface area contributed by atoms with Crippen LogP contribution in [0.5, 0.6) is 0 Å². The number of ketones is 2. The number of rotatable bonds is 12. The molecule has 1 unspecified atom stereocenters. The van der Waals surface area contributed by atoms with Crippen molar-refractivity contribution >= 4 is 29.5 Å². The van der Waals surface area contributed by atoms with E-state index in [0.717, 1.165) is 57.8 Å². The lowest BCUT2D eigenvalue weighted by Crippen LogP contribution is -1.98. The molecular weight excluding hydrogens is 432 g/mol. The molecule has 1 aliphatic rings. The average Bonchev–Trinajstić information content (AvgIpc) is 3.11. The van der Waals surface area contributed by atoms with E-state index in [9.17, 15) is 24.0 Å². The van der Waals surface area contributed by atoms with E-state index in [4.69, 9.17) is 14.9 Å². The van der Waals surface area contributed by atoms with Gasteiger partial charge >= 0.3 is 20.8 Å². The monoisotopic (exact) mass is 480 g/mol. The Morgan fingerprint density at radius 2 is 1.27 bits per heavy atom. The molecule has 0 saturated carbocycles. The summed E-state index contributed by atoms with van der Waals surface area (Å²) in [6, 6.07) is 0. The van der Waals surface area contributed by atoms with Crippen LogP contribution >= 0.6 is 0 Å². The van der Waals surface area contributed by atoms with Crippen molar-refractivity contribution in [2.24, 2.45) is 0 Å². The maximum atomic E-state index is 11.0. The molecule has 196 valence electrons. The largest absolute Gasteiger partial charge is 1.00 e. The molecule has 9 heteroatoms. The van der Waals surface area contributed by atoms with Gasteiger partial charge in [-0.2, -0.15) is 0 Å². The van der Waals surface area contributed by atoms with Crippen LogP contribution in [-0.2, 0) is 28.7 Å². The van der Waals surface area contributed by atoms with Crippen molar-refractivity contribution in [1.82, 2.24) is 0 Å². The molecule has 0 aromatic rings. The molecule has 0 aliphatic carbocycles. The first-order chi connectivity index (χ1) is 15.0. The van der Waals surface area contributed by atoms with Crippen LogP contribution in [0.1, 0.15) is 121 Å². The predicted octanol–water partition coefficient (Wildman–Crippen LogP) is 4.75. The minimum absolute atomic E-state index is 0. The van der Waals surface area contributed by atoms with Crippen LogP contribution in [0, 0.1) is 0 Å². The van der Waals surface area contributed by atoms with E-state index in [1.165, 1.54) is 6.92 Å². The van der Waals surface area contributed by atoms with Gasteiger partial charge in [0.05, 0.1) is 12.5 Å². The third-order valence-electron chi connectivity index (χ3n) is 4.14. The quantitative estimate of drug-likeness (QED) is 0.377. The number of hydrogen-bond acceptors (Lipinski definition) is 6. The number of carboxylic acid groups (broad SMARTS) is 2. The van der Waals surface area contributed by atoms with Crippen LogP contribution < -0.4 is 0 Å². The number of esters is 1. The lowest BCUT2D eigenvalue weighted by atomic mass is 10.1. The Kier molecular flexibility index (Phi) is 31.9. The molecule has 1 rings (SSSR count). The van der Waals surface area contributed by atoms with Crippen molar-refractivity contribution < 1.29 is 47.3 Å². The van der Waals surface area contributed by atoms with Crippen molar-refractivity contribution in [2.45, 2.75) is 124 Å². The molecule has 4 N–H and O–H groups in total. The van der Waals surface area contributed by atoms with Gasteiger partial charge in [0.2, 0.25) is 0 Å². The Labute approximate surface area is 201 Å². The van der Waals surface area contributed by atoms with Gasteiger partial charge in [-0.15, -0.1) is 0 Å². The molecule has 0 bridgehead atoms. The number of Topliss-reactive ketones (excluding diaryl/α,β-unsaturated/α-hetero) is 2. The van der Waals surface area contributed by atoms with E-state index in [1.807, 2.05) is 13.8 Å². The molecule has 0 aromatic heterocycles. The molecule has 1 aliphatic heterocycles. The highest BCUT2D eigenvalue weighted by Gasteiger charge is 2.17. The van der Waals surface area contributed by atoms with E-state index in [-0.39, 0.29) is 39.0 Å². The van der Waals surface area contributed by atoms with Gasteiger partial charge in [-0.05, 0) is 39.5 Å². The summed E-state index contributed by atoms with van der Waals surface area (Å²) in [5.41, 5.74) is 0. The molecule has 1 atom stereocenters. The fraction of sp³-hybridized carbons (Fsp3) is 0.792. The molecule has 9 nitrogen and oxygen atoms in total. The number of carbonyl (C=O) groups excluding carboxylic acids is 3. The maximum Gasteiger partial charge on any atom is 1.00 e. The van der Waals surface area contributed by atoms with E-state index in [0.29, 0.717) is 18.6 Å². The highest BCUT2D eigenvalue weighted by atomic mass is 16.5. The number of aliphatic carboxylic acids is 2. The first-order valence-corrected chi connectivity index (χ1v) is 11.6. The van der Waals surface area contributed by atoms with Gasteiger partial charge in [0.1, 0.15) is 11.6 Å². The van der Waals surface area contributed by atoms with Crippen LogP contribution in [-0.4, -0.2) is 51.3 Å². The standard InChI is InChI=1S/C9H18O.C5H8O3.C5H8O2.C5H10O2.H2O/c1-3-5-7-9(10)8-6-4-2;1-4(6)2-3-5(7)8;1-4-2-3-5(6)7-4;1-2-3-4-5(6)7;/h3-8H2,1-2H3;2-3H2,1H3,(H,7,8);4H,2-3H2,1H3;2-4H2,1H3,(H,6,7);1H2/p+2. The summed E-state index contributed by atoms with van der Waals surface area (Å²) < 4.78 is 4.72. The lowest BCUT2D eigenvalue weighted by molar-refractivity contribution is -0.141. The molecular formula is C24H48O9+2. The number of carboxylic acids is 2. The van der Waals surface area contributed by atoms with Gasteiger partial charge in [-0.25, -0.2) is 0 Å². The van der Waals surface area contributed by atoms with E-state index < -0.39 is 11.9 Å². The summed E-state index contributed by atoms with van der Waals surface area (Å²) in [5.74, 6) is -1.29. The minimum atomic E-state index is -0.916.